The number of rotatable bonds is 11. The van der Waals surface area contributed by atoms with Gasteiger partial charge >= 0.3 is 0 Å². The second kappa shape index (κ2) is 17.7. The molecule has 0 saturated carbocycles. The minimum absolute atomic E-state index is 1.10. The summed E-state index contributed by atoms with van der Waals surface area (Å²) in [7, 11) is 0. The van der Waals surface area contributed by atoms with Crippen LogP contribution in [0.15, 0.2) is 255 Å². The number of benzene rings is 9. The molecule has 0 bridgehead atoms. The van der Waals surface area contributed by atoms with Gasteiger partial charge in [-0.05, 0) is 147 Å². The molecule has 0 radical (unpaired) electrons. The van der Waals surface area contributed by atoms with Gasteiger partial charge in [-0.2, -0.15) is 0 Å². The summed E-state index contributed by atoms with van der Waals surface area (Å²) in [5, 5.41) is 0. The summed E-state index contributed by atoms with van der Waals surface area (Å²) in [6, 6.07) is 85.1. The largest absolute Gasteiger partial charge is 0.311 e. The monoisotopic (exact) mass is 794 g/mol. The van der Waals surface area contributed by atoms with Gasteiger partial charge < -0.3 is 9.80 Å². The van der Waals surface area contributed by atoms with Gasteiger partial charge in [-0.15, -0.1) is 0 Å². The summed E-state index contributed by atoms with van der Waals surface area (Å²) < 4.78 is 0. The van der Waals surface area contributed by atoms with E-state index in [9.17, 15) is 0 Å². The molecule has 296 valence electrons. The summed E-state index contributed by atoms with van der Waals surface area (Å²) in [6.07, 6.45) is 9.06. The van der Waals surface area contributed by atoms with E-state index in [1.54, 1.807) is 0 Å². The predicted molar refractivity (Wildman–Crippen MR) is 264 cm³/mol. The SMILES string of the molecule is C1=CC(c2ccc(N(c3ccccc3)c3ccc(-c4cccc(-c5ccc(-c6ccc(N(c7ccccc7)c7ccc(-c8ccccc8)cc7)cc6)cc5)c4)cc3)cc2)=CCC1. The van der Waals surface area contributed by atoms with Crippen LogP contribution in [-0.2, 0) is 0 Å². The normalized spacial score (nSPS) is 12.1. The first-order valence-electron chi connectivity index (χ1n) is 21.5. The summed E-state index contributed by atoms with van der Waals surface area (Å²) in [5.41, 5.74) is 18.8. The predicted octanol–water partition coefficient (Wildman–Crippen LogP) is 17.0. The van der Waals surface area contributed by atoms with E-state index in [0.717, 1.165) is 47.0 Å². The molecule has 0 saturated heterocycles. The highest BCUT2D eigenvalue weighted by Gasteiger charge is 2.15. The minimum Gasteiger partial charge on any atom is -0.311 e. The molecule has 0 aromatic heterocycles. The van der Waals surface area contributed by atoms with Gasteiger partial charge in [0.1, 0.15) is 0 Å². The molecule has 2 nitrogen and oxygen atoms in total. The Kier molecular flexibility index (Phi) is 10.9. The van der Waals surface area contributed by atoms with Crippen molar-refractivity contribution in [3.8, 4) is 44.5 Å². The Hall–Kier alpha value is -7.94. The summed E-state index contributed by atoms with van der Waals surface area (Å²) >= 11 is 0. The van der Waals surface area contributed by atoms with E-state index in [2.05, 4.69) is 265 Å². The van der Waals surface area contributed by atoms with E-state index < -0.39 is 0 Å². The van der Waals surface area contributed by atoms with Gasteiger partial charge in [0.25, 0.3) is 0 Å². The maximum absolute atomic E-state index is 2.33. The number of allylic oxidation sites excluding steroid dienone is 4. The molecule has 0 amide bonds. The fraction of sp³-hybridized carbons (Fsp3) is 0.0333. The molecule has 10 rings (SSSR count). The van der Waals surface area contributed by atoms with Gasteiger partial charge in [-0.1, -0.05) is 176 Å². The Balaban J connectivity index is 0.868. The van der Waals surface area contributed by atoms with Crippen LogP contribution >= 0.6 is 0 Å². The van der Waals surface area contributed by atoms with Crippen LogP contribution in [0.2, 0.25) is 0 Å². The van der Waals surface area contributed by atoms with Gasteiger partial charge in [0.15, 0.2) is 0 Å². The highest BCUT2D eigenvalue weighted by molar-refractivity contribution is 5.83. The van der Waals surface area contributed by atoms with Gasteiger partial charge in [-0.25, -0.2) is 0 Å². The smallest absolute Gasteiger partial charge is 0.0462 e. The maximum atomic E-state index is 2.33. The van der Waals surface area contributed by atoms with E-state index in [1.165, 1.54) is 55.6 Å². The van der Waals surface area contributed by atoms with Crippen molar-refractivity contribution in [1.82, 2.24) is 0 Å². The second-order valence-corrected chi connectivity index (χ2v) is 15.7. The molecule has 9 aromatic rings. The van der Waals surface area contributed by atoms with Crippen molar-refractivity contribution in [2.45, 2.75) is 12.8 Å². The standard InChI is InChI=1S/C60H46N2/c1-5-14-45(15-6-1)48-28-36-57(37-29-48)61(55-20-9-3-10-21-55)59-40-32-50(33-41-59)47-24-26-51(27-25-47)53-18-13-19-54(44-53)52-34-42-60(43-35-52)62(56-22-11-4-12-23-56)58-38-30-49(31-39-58)46-16-7-2-8-17-46/h1,3-7,9-44H,2,8H2. The van der Waals surface area contributed by atoms with Gasteiger partial charge in [0.2, 0.25) is 0 Å². The quantitative estimate of drug-likeness (QED) is 0.129. The van der Waals surface area contributed by atoms with Crippen molar-refractivity contribution >= 4 is 39.7 Å². The molecule has 1 aliphatic rings. The fourth-order valence-corrected chi connectivity index (χ4v) is 8.45. The zero-order valence-corrected chi connectivity index (χ0v) is 34.6. The molecule has 0 fully saturated rings. The molecule has 62 heavy (non-hydrogen) atoms. The lowest BCUT2D eigenvalue weighted by Crippen LogP contribution is -2.09. The number of hydrogen-bond donors (Lipinski definition) is 0. The van der Waals surface area contributed by atoms with Crippen molar-refractivity contribution in [2.24, 2.45) is 0 Å². The second-order valence-electron chi connectivity index (χ2n) is 15.7. The lowest BCUT2D eigenvalue weighted by molar-refractivity contribution is 1.04. The third-order valence-corrected chi connectivity index (χ3v) is 11.7. The highest BCUT2D eigenvalue weighted by Crippen LogP contribution is 2.39. The van der Waals surface area contributed by atoms with Gasteiger partial charge in [0.05, 0.1) is 0 Å². The zero-order valence-electron chi connectivity index (χ0n) is 34.6. The number of para-hydroxylation sites is 2. The Labute approximate surface area is 365 Å². The van der Waals surface area contributed by atoms with Crippen molar-refractivity contribution < 1.29 is 0 Å². The van der Waals surface area contributed by atoms with E-state index in [1.807, 2.05) is 0 Å². The first kappa shape index (κ1) is 38.3. The van der Waals surface area contributed by atoms with Crippen LogP contribution in [-0.4, -0.2) is 0 Å². The Morgan fingerprint density at radius 3 is 0.935 bits per heavy atom. The molecule has 0 aliphatic heterocycles. The summed E-state index contributed by atoms with van der Waals surface area (Å²) in [5.74, 6) is 0. The first-order chi connectivity index (χ1) is 30.7. The van der Waals surface area contributed by atoms with Gasteiger partial charge in [0, 0.05) is 34.1 Å². The Bertz CT molecular complexity index is 2930. The maximum Gasteiger partial charge on any atom is 0.0462 e. The van der Waals surface area contributed by atoms with Crippen LogP contribution in [0.25, 0.3) is 50.1 Å². The van der Waals surface area contributed by atoms with E-state index in [0.29, 0.717) is 0 Å². The van der Waals surface area contributed by atoms with E-state index >= 15 is 0 Å². The van der Waals surface area contributed by atoms with Crippen molar-refractivity contribution in [3.05, 3.63) is 260 Å². The third-order valence-electron chi connectivity index (χ3n) is 11.7. The van der Waals surface area contributed by atoms with Gasteiger partial charge in [-0.3, -0.25) is 0 Å². The molecule has 0 heterocycles. The molecule has 9 aromatic carbocycles. The number of hydrogen-bond acceptors (Lipinski definition) is 2. The lowest BCUT2D eigenvalue weighted by atomic mass is 9.97. The topological polar surface area (TPSA) is 6.48 Å². The third kappa shape index (κ3) is 8.28. The average Bonchev–Trinajstić information content (AvgIpc) is 3.36. The van der Waals surface area contributed by atoms with Crippen molar-refractivity contribution in [2.75, 3.05) is 9.80 Å². The number of anilines is 6. The lowest BCUT2D eigenvalue weighted by Gasteiger charge is -2.26. The van der Waals surface area contributed by atoms with Crippen molar-refractivity contribution in [3.63, 3.8) is 0 Å². The molecule has 2 heteroatoms. The molecular weight excluding hydrogens is 749 g/mol. The minimum atomic E-state index is 1.10. The average molecular weight is 795 g/mol. The highest BCUT2D eigenvalue weighted by atomic mass is 15.1. The molecule has 0 atom stereocenters. The van der Waals surface area contributed by atoms with Crippen LogP contribution in [0.1, 0.15) is 18.4 Å². The molecular formula is C60H46N2. The van der Waals surface area contributed by atoms with Crippen LogP contribution < -0.4 is 9.80 Å². The first-order valence-corrected chi connectivity index (χ1v) is 21.5. The van der Waals surface area contributed by atoms with E-state index in [-0.39, 0.29) is 0 Å². The fourth-order valence-electron chi connectivity index (χ4n) is 8.45. The molecule has 0 spiro atoms. The summed E-state index contributed by atoms with van der Waals surface area (Å²) in [6.45, 7) is 0. The van der Waals surface area contributed by atoms with Crippen LogP contribution in [0.3, 0.4) is 0 Å². The Morgan fingerprint density at radius 2 is 0.548 bits per heavy atom. The summed E-state index contributed by atoms with van der Waals surface area (Å²) in [4.78, 5) is 4.64. The number of nitrogens with zero attached hydrogens (tertiary/aromatic N) is 2. The molecule has 1 aliphatic carbocycles. The van der Waals surface area contributed by atoms with E-state index in [4.69, 9.17) is 0 Å². The van der Waals surface area contributed by atoms with Crippen LogP contribution in [0.5, 0.6) is 0 Å². The van der Waals surface area contributed by atoms with Crippen molar-refractivity contribution in [1.29, 1.82) is 0 Å². The molecule has 0 N–H and O–H groups in total. The Morgan fingerprint density at radius 1 is 0.242 bits per heavy atom. The zero-order chi connectivity index (χ0) is 41.5. The van der Waals surface area contributed by atoms with Crippen LogP contribution in [0.4, 0.5) is 34.1 Å². The van der Waals surface area contributed by atoms with Crippen LogP contribution in [0, 0.1) is 0 Å². The molecule has 0 unspecified atom stereocenters.